The Kier molecular flexibility index (Phi) is 15.9. The molecule has 68 heavy (non-hydrogen) atoms. The molecule has 3 aliphatic rings. The molecule has 364 valence electrons. The number of carbonyl (C=O) groups excluding carboxylic acids is 2. The molecule has 6 heterocycles. The van der Waals surface area contributed by atoms with Gasteiger partial charge in [0.2, 0.25) is 11.8 Å². The first-order chi connectivity index (χ1) is 32.9. The number of aryl methyl sites for hydroxylation is 1. The van der Waals surface area contributed by atoms with E-state index in [9.17, 15) is 19.8 Å². The number of likely N-dealkylation sites (tertiary alicyclic amines) is 2. The van der Waals surface area contributed by atoms with Crippen LogP contribution in [0.4, 0.5) is 11.5 Å². The molecule has 5 N–H and O–H groups in total. The Morgan fingerprint density at radius 1 is 0.971 bits per heavy atom. The summed E-state index contributed by atoms with van der Waals surface area (Å²) in [4.78, 5) is 39.5. The summed E-state index contributed by atoms with van der Waals surface area (Å²) in [6, 6.07) is 17.6. The number of phenolic OH excluding ortho intramolecular Hbond substituents is 1. The highest BCUT2D eigenvalue weighted by molar-refractivity contribution is 7.13. The second-order valence-corrected chi connectivity index (χ2v) is 19.7. The third kappa shape index (κ3) is 11.6. The van der Waals surface area contributed by atoms with E-state index in [1.54, 1.807) is 29.5 Å². The Morgan fingerprint density at radius 3 is 2.43 bits per heavy atom. The van der Waals surface area contributed by atoms with Gasteiger partial charge in [-0.1, -0.05) is 50.2 Å². The van der Waals surface area contributed by atoms with Gasteiger partial charge in [-0.25, -0.2) is 4.98 Å². The largest absolute Gasteiger partial charge is 0.507 e. The van der Waals surface area contributed by atoms with Crippen LogP contribution < -0.4 is 20.7 Å². The number of β-amino-alcohol motifs (C(OH)–C–C–N with tert-alkyl or cyclic N) is 1. The predicted molar refractivity (Wildman–Crippen MR) is 259 cm³/mol. The van der Waals surface area contributed by atoms with Gasteiger partial charge >= 0.3 is 0 Å². The Balaban J connectivity index is 0.685. The number of aromatic hydroxyl groups is 1. The lowest BCUT2D eigenvalue weighted by Crippen LogP contribution is -2.60. The number of nitrogen functional groups attached to an aromatic ring is 1. The van der Waals surface area contributed by atoms with Crippen LogP contribution >= 0.6 is 11.3 Å². The summed E-state index contributed by atoms with van der Waals surface area (Å²) in [6.07, 6.45) is 3.59. The number of nitrogens with two attached hydrogens (primary N) is 1. The number of para-hydroxylation sites is 1. The Labute approximate surface area is 402 Å². The second kappa shape index (κ2) is 22.2. The van der Waals surface area contributed by atoms with Crippen molar-refractivity contribution in [2.24, 2.45) is 11.3 Å². The zero-order chi connectivity index (χ0) is 47.8. The third-order valence-corrected chi connectivity index (χ3v) is 14.5. The maximum atomic E-state index is 14.1. The van der Waals surface area contributed by atoms with Crippen molar-refractivity contribution >= 4 is 34.7 Å². The van der Waals surface area contributed by atoms with Crippen LogP contribution in [0.2, 0.25) is 0 Å². The van der Waals surface area contributed by atoms with E-state index < -0.39 is 18.1 Å². The zero-order valence-corrected chi connectivity index (χ0v) is 40.3. The topological polar surface area (TPSA) is 215 Å². The number of rotatable bonds is 21. The standard InChI is InChI=1S/C50H65N9O8S/c1-32(2)45(49(63)59-28-37(60)25-41(59)48(62)53-33(3)35-11-13-36(14-12-35)46-34(4)52-31-68-46)43-27-44(56-67-43)66-24-23-65-22-21-64-20-8-7-17-57-29-50(30-57)15-18-58(19-16-50)40-26-39(54-55-47(40)51)38-9-5-6-10-42(38)61/h5-6,9-14,26-27,31-33,37,41,45,60-61H,7-8,15-25,28-30H2,1-4H3,(H2,51,55)(H,53,62)/t33-,37+,41-,45-/m0/s1. The monoisotopic (exact) mass is 951 g/mol. The van der Waals surface area contributed by atoms with Gasteiger partial charge < -0.3 is 54.7 Å². The van der Waals surface area contributed by atoms with Gasteiger partial charge in [0.1, 0.15) is 24.3 Å². The smallest absolute Gasteiger partial charge is 0.254 e. The van der Waals surface area contributed by atoms with Crippen LogP contribution in [0.5, 0.6) is 11.6 Å². The number of aliphatic hydroxyl groups excluding tert-OH is 1. The van der Waals surface area contributed by atoms with Crippen molar-refractivity contribution in [3.05, 3.63) is 83.2 Å². The van der Waals surface area contributed by atoms with E-state index in [0.29, 0.717) is 54.7 Å². The lowest BCUT2D eigenvalue weighted by Gasteiger charge is -2.54. The number of phenols is 1. The minimum atomic E-state index is -0.831. The van der Waals surface area contributed by atoms with E-state index in [0.717, 1.165) is 85.8 Å². The van der Waals surface area contributed by atoms with E-state index in [1.807, 2.05) is 75.7 Å². The van der Waals surface area contributed by atoms with Gasteiger partial charge in [-0.15, -0.1) is 21.5 Å². The lowest BCUT2D eigenvalue weighted by molar-refractivity contribution is -0.141. The van der Waals surface area contributed by atoms with Crippen molar-refractivity contribution in [2.45, 2.75) is 83.9 Å². The number of hydrogen-bond acceptors (Lipinski definition) is 16. The van der Waals surface area contributed by atoms with Gasteiger partial charge in [0.25, 0.3) is 5.88 Å². The SMILES string of the molecule is Cc1ncsc1-c1ccc([C@H](C)NC(=O)[C@@H]2C[C@@H](O)CN2C(=O)[C@H](c2cc(OCCOCCOCCCCN3CC4(CCN(c5cc(-c6ccccc6O)nnc5N)CC4)C3)no2)C(C)C)cc1. The summed E-state index contributed by atoms with van der Waals surface area (Å²) >= 11 is 1.59. The van der Waals surface area contributed by atoms with E-state index in [-0.39, 0.29) is 55.0 Å². The summed E-state index contributed by atoms with van der Waals surface area (Å²) in [5.74, 6) is -0.383. The molecule has 3 fully saturated rings. The molecule has 0 bridgehead atoms. The number of aliphatic hydroxyl groups is 1. The third-order valence-electron chi connectivity index (χ3n) is 13.5. The van der Waals surface area contributed by atoms with Gasteiger partial charge in [0, 0.05) is 57.4 Å². The van der Waals surface area contributed by atoms with Gasteiger partial charge in [-0.05, 0) is 91.9 Å². The summed E-state index contributed by atoms with van der Waals surface area (Å²) in [7, 11) is 0. The number of ether oxygens (including phenoxy) is 3. The molecule has 0 unspecified atom stereocenters. The maximum Gasteiger partial charge on any atom is 0.254 e. The van der Waals surface area contributed by atoms with Gasteiger partial charge in [0.15, 0.2) is 11.6 Å². The minimum absolute atomic E-state index is 0.0472. The highest BCUT2D eigenvalue weighted by Crippen LogP contribution is 2.43. The molecule has 0 saturated carbocycles. The Bertz CT molecular complexity index is 2450. The van der Waals surface area contributed by atoms with Crippen molar-refractivity contribution in [1.29, 1.82) is 0 Å². The van der Waals surface area contributed by atoms with Crippen LogP contribution in [0.25, 0.3) is 21.7 Å². The average Bonchev–Trinajstić information content (AvgIpc) is 4.08. The highest BCUT2D eigenvalue weighted by atomic mass is 32.1. The summed E-state index contributed by atoms with van der Waals surface area (Å²) in [6.45, 7) is 15.1. The molecular weight excluding hydrogens is 887 g/mol. The number of thiazole rings is 1. The van der Waals surface area contributed by atoms with Crippen molar-refractivity contribution < 1.29 is 38.5 Å². The molecule has 18 heteroatoms. The van der Waals surface area contributed by atoms with Crippen molar-refractivity contribution in [2.75, 3.05) is 82.9 Å². The van der Waals surface area contributed by atoms with Crippen LogP contribution in [-0.4, -0.2) is 137 Å². The van der Waals surface area contributed by atoms with Gasteiger partial charge in [0.05, 0.1) is 59.4 Å². The van der Waals surface area contributed by atoms with Gasteiger partial charge in [-0.2, -0.15) is 0 Å². The van der Waals surface area contributed by atoms with Crippen LogP contribution in [0.1, 0.15) is 81.9 Å². The summed E-state index contributed by atoms with van der Waals surface area (Å²) < 4.78 is 23.0. The number of aromatic nitrogens is 4. The molecule has 3 saturated heterocycles. The first-order valence-electron chi connectivity index (χ1n) is 23.8. The predicted octanol–water partition coefficient (Wildman–Crippen LogP) is 6.22. The molecule has 8 rings (SSSR count). The molecular formula is C50H65N9O8S. The fraction of sp³-hybridized carbons (Fsp3) is 0.520. The van der Waals surface area contributed by atoms with E-state index in [1.165, 1.54) is 4.90 Å². The molecule has 3 aromatic heterocycles. The minimum Gasteiger partial charge on any atom is -0.507 e. The first-order valence-corrected chi connectivity index (χ1v) is 24.7. The fourth-order valence-electron chi connectivity index (χ4n) is 9.73. The van der Waals surface area contributed by atoms with Crippen molar-refractivity contribution in [1.82, 2.24) is 35.5 Å². The Hall–Kier alpha value is -5.66. The first kappa shape index (κ1) is 48.8. The van der Waals surface area contributed by atoms with Crippen LogP contribution in [0, 0.1) is 18.3 Å². The molecule has 5 aromatic rings. The summed E-state index contributed by atoms with van der Waals surface area (Å²) in [5, 5.41) is 36.5. The number of anilines is 2. The Morgan fingerprint density at radius 2 is 1.71 bits per heavy atom. The number of benzene rings is 2. The van der Waals surface area contributed by atoms with Crippen LogP contribution in [0.3, 0.4) is 0 Å². The number of carbonyl (C=O) groups is 2. The van der Waals surface area contributed by atoms with Crippen molar-refractivity contribution in [3.8, 4) is 33.3 Å². The fourth-order valence-corrected chi connectivity index (χ4v) is 10.5. The number of piperidine rings is 1. The van der Waals surface area contributed by atoms with Crippen LogP contribution in [0.15, 0.2) is 70.7 Å². The lowest BCUT2D eigenvalue weighted by atomic mass is 9.72. The average molecular weight is 952 g/mol. The normalized spacial score (nSPS) is 19.0. The number of amides is 2. The maximum absolute atomic E-state index is 14.1. The van der Waals surface area contributed by atoms with Crippen LogP contribution in [-0.2, 0) is 19.1 Å². The molecule has 2 amide bonds. The number of nitrogens with one attached hydrogen (secondary N) is 1. The summed E-state index contributed by atoms with van der Waals surface area (Å²) in [5.41, 5.74) is 13.6. The van der Waals surface area contributed by atoms with E-state index in [2.05, 4.69) is 35.5 Å². The number of unbranched alkanes of at least 4 members (excludes halogenated alkanes) is 1. The number of hydrogen-bond donors (Lipinski definition) is 4. The quantitative estimate of drug-likeness (QED) is 0.0601. The van der Waals surface area contributed by atoms with Gasteiger partial charge in [-0.3, -0.25) is 9.59 Å². The molecule has 17 nitrogen and oxygen atoms in total. The number of nitrogens with zero attached hydrogens (tertiary/aromatic N) is 7. The molecule has 0 aliphatic carbocycles. The molecule has 2 aromatic carbocycles. The van der Waals surface area contributed by atoms with E-state index in [4.69, 9.17) is 24.5 Å². The van der Waals surface area contributed by atoms with Crippen molar-refractivity contribution in [3.63, 3.8) is 0 Å². The molecule has 0 radical (unpaired) electrons. The zero-order valence-electron chi connectivity index (χ0n) is 39.5. The molecule has 4 atom stereocenters. The molecule has 1 spiro atoms. The van der Waals surface area contributed by atoms with E-state index >= 15 is 0 Å². The molecule has 3 aliphatic heterocycles. The highest BCUT2D eigenvalue weighted by Gasteiger charge is 2.45. The second-order valence-electron chi connectivity index (χ2n) is 18.8.